The van der Waals surface area contributed by atoms with Gasteiger partial charge in [-0.25, -0.2) is 13.6 Å². The minimum absolute atomic E-state index is 0.0105. The van der Waals surface area contributed by atoms with Gasteiger partial charge in [0.25, 0.3) is 0 Å². The van der Waals surface area contributed by atoms with Crippen molar-refractivity contribution < 1.29 is 22.7 Å². The number of benzene rings is 2. The van der Waals surface area contributed by atoms with Crippen LogP contribution in [0.3, 0.4) is 0 Å². The van der Waals surface area contributed by atoms with E-state index in [-0.39, 0.29) is 29.0 Å². The number of primary sulfonamides is 1. The van der Waals surface area contributed by atoms with Crippen molar-refractivity contribution in [2.45, 2.75) is 11.5 Å². The number of ketones is 1. The second-order valence-electron chi connectivity index (χ2n) is 5.67. The van der Waals surface area contributed by atoms with Gasteiger partial charge in [-0.1, -0.05) is 30.3 Å². The first-order chi connectivity index (χ1) is 12.9. The number of aldehydes is 1. The van der Waals surface area contributed by atoms with Crippen LogP contribution in [-0.2, 0) is 16.6 Å². The fourth-order valence-corrected chi connectivity index (χ4v) is 3.94. The first kappa shape index (κ1) is 19.0. The lowest BCUT2D eigenvalue weighted by Crippen LogP contribution is -2.19. The Bertz CT molecular complexity index is 1070. The lowest BCUT2D eigenvalue weighted by Gasteiger charge is -2.15. The van der Waals surface area contributed by atoms with E-state index in [1.54, 1.807) is 30.3 Å². The third-order valence-electron chi connectivity index (χ3n) is 3.77. The fraction of sp³-hybridized carbons (Fsp3) is 0.0526. The maximum atomic E-state index is 13.0. The molecule has 3 aromatic rings. The van der Waals surface area contributed by atoms with Crippen molar-refractivity contribution in [2.75, 3.05) is 0 Å². The highest BCUT2D eigenvalue weighted by molar-refractivity contribution is 7.89. The summed E-state index contributed by atoms with van der Waals surface area (Å²) < 4.78 is 29.9. The van der Waals surface area contributed by atoms with Gasteiger partial charge in [0.1, 0.15) is 18.6 Å². The van der Waals surface area contributed by atoms with Crippen LogP contribution in [-0.4, -0.2) is 20.5 Å². The highest BCUT2D eigenvalue weighted by atomic mass is 32.2. The summed E-state index contributed by atoms with van der Waals surface area (Å²) in [6.07, 6.45) is 0.475. The van der Waals surface area contributed by atoms with Gasteiger partial charge in [0.2, 0.25) is 10.0 Å². The molecule has 1 heterocycles. The van der Waals surface area contributed by atoms with Crippen LogP contribution < -0.4 is 9.88 Å². The van der Waals surface area contributed by atoms with E-state index < -0.39 is 20.7 Å². The summed E-state index contributed by atoms with van der Waals surface area (Å²) in [5, 5.41) is 9.04. The maximum absolute atomic E-state index is 13.0. The number of hydrogen-bond acceptors (Lipinski definition) is 6. The van der Waals surface area contributed by atoms with Crippen molar-refractivity contribution in [3.05, 3.63) is 81.5 Å². The molecule has 0 bridgehead atoms. The maximum Gasteiger partial charge on any atom is 0.238 e. The summed E-state index contributed by atoms with van der Waals surface area (Å²) in [5.41, 5.74) is 0.988. The fourth-order valence-electron chi connectivity index (χ4n) is 2.51. The Kier molecular flexibility index (Phi) is 5.50. The van der Waals surface area contributed by atoms with E-state index in [1.165, 1.54) is 17.4 Å². The summed E-state index contributed by atoms with van der Waals surface area (Å²) in [6, 6.07) is 12.4. The van der Waals surface area contributed by atoms with Gasteiger partial charge >= 0.3 is 0 Å². The Morgan fingerprint density at radius 1 is 1.15 bits per heavy atom. The molecule has 0 spiro atoms. The van der Waals surface area contributed by atoms with Crippen molar-refractivity contribution in [2.24, 2.45) is 5.14 Å². The molecule has 8 heteroatoms. The van der Waals surface area contributed by atoms with E-state index in [2.05, 4.69) is 0 Å². The van der Waals surface area contributed by atoms with Gasteiger partial charge < -0.3 is 4.74 Å². The number of nitrogens with two attached hydrogens (primary N) is 1. The summed E-state index contributed by atoms with van der Waals surface area (Å²) >= 11 is 1.48. The molecule has 0 saturated carbocycles. The van der Waals surface area contributed by atoms with Crippen LogP contribution in [0.4, 0.5) is 0 Å². The average Bonchev–Trinajstić information content (AvgIpc) is 3.18. The minimum atomic E-state index is -4.27. The zero-order chi connectivity index (χ0) is 19.4. The number of carbonyl (C=O) groups is 2. The van der Waals surface area contributed by atoms with Crippen LogP contribution in [0.2, 0.25) is 0 Å². The van der Waals surface area contributed by atoms with Crippen molar-refractivity contribution in [3.63, 3.8) is 0 Å². The molecule has 27 heavy (non-hydrogen) atoms. The standard InChI is InChI=1S/C19H15NO5S2/c20-27(23,24)17-9-14(10-21)8-16(25-11-13-6-7-26-12-13)18(17)19(22)15-4-2-1-3-5-15/h1-10,12H,11H2,(H2,20,23,24). The van der Waals surface area contributed by atoms with E-state index in [9.17, 15) is 18.0 Å². The monoisotopic (exact) mass is 401 g/mol. The molecule has 0 aliphatic rings. The second kappa shape index (κ2) is 7.83. The molecule has 1 aromatic heterocycles. The second-order valence-corrected chi connectivity index (χ2v) is 7.98. The minimum Gasteiger partial charge on any atom is -0.488 e. The molecule has 0 unspecified atom stereocenters. The zero-order valence-corrected chi connectivity index (χ0v) is 15.6. The van der Waals surface area contributed by atoms with E-state index in [0.29, 0.717) is 6.29 Å². The average molecular weight is 401 g/mol. The van der Waals surface area contributed by atoms with Gasteiger partial charge in [-0.2, -0.15) is 11.3 Å². The van der Waals surface area contributed by atoms with Crippen molar-refractivity contribution in [3.8, 4) is 5.75 Å². The molecule has 138 valence electrons. The molecule has 3 rings (SSSR count). The van der Waals surface area contributed by atoms with Gasteiger partial charge in [0.05, 0.1) is 10.5 Å². The highest BCUT2D eigenvalue weighted by Crippen LogP contribution is 2.30. The molecule has 0 radical (unpaired) electrons. The Labute approximate surface area is 160 Å². The van der Waals surface area contributed by atoms with Gasteiger partial charge in [-0.05, 0) is 34.5 Å². The molecule has 2 N–H and O–H groups in total. The number of ether oxygens (including phenoxy) is 1. The summed E-state index contributed by atoms with van der Waals surface area (Å²) in [7, 11) is -4.27. The normalized spacial score (nSPS) is 11.1. The number of carbonyl (C=O) groups excluding carboxylic acids is 2. The summed E-state index contributed by atoms with van der Waals surface area (Å²) in [5.74, 6) is -0.568. The highest BCUT2D eigenvalue weighted by Gasteiger charge is 2.26. The molecule has 0 saturated heterocycles. The van der Waals surface area contributed by atoms with Crippen LogP contribution in [0, 0.1) is 0 Å². The number of thiophene rings is 1. The van der Waals surface area contributed by atoms with E-state index in [1.807, 2.05) is 16.8 Å². The Hall–Kier alpha value is -2.81. The van der Waals surface area contributed by atoms with Crippen LogP contribution >= 0.6 is 11.3 Å². The van der Waals surface area contributed by atoms with Gasteiger partial charge in [0, 0.05) is 11.1 Å². The molecular weight excluding hydrogens is 386 g/mol. The largest absolute Gasteiger partial charge is 0.488 e. The van der Waals surface area contributed by atoms with Crippen molar-refractivity contribution >= 4 is 33.4 Å². The van der Waals surface area contributed by atoms with E-state index in [0.717, 1.165) is 11.6 Å². The summed E-state index contributed by atoms with van der Waals surface area (Å²) in [4.78, 5) is 23.8. The van der Waals surface area contributed by atoms with Gasteiger partial charge in [-0.15, -0.1) is 0 Å². The third-order valence-corrected chi connectivity index (χ3v) is 5.44. The van der Waals surface area contributed by atoms with Crippen LogP contribution in [0.5, 0.6) is 5.75 Å². The van der Waals surface area contributed by atoms with Crippen LogP contribution in [0.15, 0.2) is 64.2 Å². The molecule has 0 atom stereocenters. The first-order valence-electron chi connectivity index (χ1n) is 7.80. The van der Waals surface area contributed by atoms with E-state index in [4.69, 9.17) is 9.88 Å². The number of sulfonamides is 1. The lowest BCUT2D eigenvalue weighted by molar-refractivity contribution is 0.102. The van der Waals surface area contributed by atoms with E-state index >= 15 is 0 Å². The predicted molar refractivity (Wildman–Crippen MR) is 102 cm³/mol. The van der Waals surface area contributed by atoms with Crippen LogP contribution in [0.1, 0.15) is 31.8 Å². The number of rotatable bonds is 7. The Morgan fingerprint density at radius 2 is 1.89 bits per heavy atom. The quantitative estimate of drug-likeness (QED) is 0.484. The number of hydrogen-bond donors (Lipinski definition) is 1. The van der Waals surface area contributed by atoms with Gasteiger partial charge in [0.15, 0.2) is 5.78 Å². The smallest absolute Gasteiger partial charge is 0.238 e. The van der Waals surface area contributed by atoms with Crippen LogP contribution in [0.25, 0.3) is 0 Å². The molecule has 0 amide bonds. The SMILES string of the molecule is NS(=O)(=O)c1cc(C=O)cc(OCc2ccsc2)c1C(=O)c1ccccc1. The zero-order valence-electron chi connectivity index (χ0n) is 14.0. The Balaban J connectivity index is 2.17. The molecular formula is C19H15NO5S2. The molecule has 6 nitrogen and oxygen atoms in total. The van der Waals surface area contributed by atoms with Crippen molar-refractivity contribution in [1.82, 2.24) is 0 Å². The Morgan fingerprint density at radius 3 is 2.48 bits per heavy atom. The topological polar surface area (TPSA) is 104 Å². The lowest BCUT2D eigenvalue weighted by atomic mass is 10.0. The molecule has 0 fully saturated rings. The molecule has 0 aliphatic carbocycles. The van der Waals surface area contributed by atoms with Crippen molar-refractivity contribution in [1.29, 1.82) is 0 Å². The summed E-state index contributed by atoms with van der Waals surface area (Å²) in [6.45, 7) is 0.116. The predicted octanol–water partition coefficient (Wildman–Crippen LogP) is 3.02. The van der Waals surface area contributed by atoms with Gasteiger partial charge in [-0.3, -0.25) is 9.59 Å². The third kappa shape index (κ3) is 4.30. The first-order valence-corrected chi connectivity index (χ1v) is 10.3. The molecule has 2 aromatic carbocycles. The molecule has 0 aliphatic heterocycles.